The van der Waals surface area contributed by atoms with Gasteiger partial charge < -0.3 is 10.1 Å². The molecule has 3 rings (SSSR count). The SMILES string of the molecule is O=C(Cc1cccc(F)c1)O[C@@H](C(=O)Nc1ccc(F)cc1)c1ccccc1. The van der Waals surface area contributed by atoms with Crippen molar-refractivity contribution >= 4 is 17.6 Å². The Bertz CT molecular complexity index is 959. The Kier molecular flexibility index (Phi) is 6.11. The summed E-state index contributed by atoms with van der Waals surface area (Å²) < 4.78 is 31.7. The van der Waals surface area contributed by atoms with Crippen molar-refractivity contribution in [1.29, 1.82) is 0 Å². The molecule has 6 heteroatoms. The predicted octanol–water partition coefficient (Wildman–Crippen LogP) is 4.43. The Morgan fingerprint density at radius 1 is 0.857 bits per heavy atom. The lowest BCUT2D eigenvalue weighted by Gasteiger charge is -2.18. The van der Waals surface area contributed by atoms with Crippen LogP contribution in [-0.4, -0.2) is 11.9 Å². The van der Waals surface area contributed by atoms with E-state index in [1.54, 1.807) is 36.4 Å². The van der Waals surface area contributed by atoms with E-state index in [9.17, 15) is 18.4 Å². The second kappa shape index (κ2) is 8.90. The second-order valence-electron chi connectivity index (χ2n) is 6.08. The lowest BCUT2D eigenvalue weighted by Crippen LogP contribution is -2.26. The molecule has 0 radical (unpaired) electrons. The summed E-state index contributed by atoms with van der Waals surface area (Å²) in [7, 11) is 0. The summed E-state index contributed by atoms with van der Waals surface area (Å²) >= 11 is 0. The third-order valence-electron chi connectivity index (χ3n) is 3.94. The molecule has 0 spiro atoms. The summed E-state index contributed by atoms with van der Waals surface area (Å²) in [5, 5.41) is 2.60. The number of benzene rings is 3. The molecule has 1 N–H and O–H groups in total. The molecule has 0 aliphatic rings. The number of carbonyl (C=O) groups excluding carboxylic acids is 2. The van der Waals surface area contributed by atoms with Crippen LogP contribution in [0.4, 0.5) is 14.5 Å². The number of nitrogens with one attached hydrogen (secondary N) is 1. The zero-order chi connectivity index (χ0) is 19.9. The van der Waals surface area contributed by atoms with Crippen molar-refractivity contribution in [2.24, 2.45) is 0 Å². The third-order valence-corrected chi connectivity index (χ3v) is 3.94. The molecule has 28 heavy (non-hydrogen) atoms. The fourth-order valence-electron chi connectivity index (χ4n) is 2.63. The molecule has 142 valence electrons. The van der Waals surface area contributed by atoms with Gasteiger partial charge in [0.05, 0.1) is 6.42 Å². The lowest BCUT2D eigenvalue weighted by molar-refractivity contribution is -0.154. The van der Waals surface area contributed by atoms with E-state index in [0.29, 0.717) is 16.8 Å². The quantitative estimate of drug-likeness (QED) is 0.643. The smallest absolute Gasteiger partial charge is 0.311 e. The number of ether oxygens (including phenoxy) is 1. The van der Waals surface area contributed by atoms with Crippen molar-refractivity contribution < 1.29 is 23.1 Å². The van der Waals surface area contributed by atoms with Gasteiger partial charge in [-0.2, -0.15) is 0 Å². The van der Waals surface area contributed by atoms with Crippen LogP contribution in [0.5, 0.6) is 0 Å². The van der Waals surface area contributed by atoms with E-state index in [4.69, 9.17) is 4.74 Å². The molecule has 1 amide bonds. The Labute approximate surface area is 160 Å². The van der Waals surface area contributed by atoms with E-state index in [2.05, 4.69) is 5.32 Å². The van der Waals surface area contributed by atoms with Gasteiger partial charge >= 0.3 is 5.97 Å². The van der Waals surface area contributed by atoms with E-state index in [0.717, 1.165) is 0 Å². The monoisotopic (exact) mass is 381 g/mol. The fraction of sp³-hybridized carbons (Fsp3) is 0.0909. The maximum Gasteiger partial charge on any atom is 0.311 e. The summed E-state index contributed by atoms with van der Waals surface area (Å²) in [5.41, 5.74) is 1.29. The molecule has 0 fully saturated rings. The first kappa shape index (κ1) is 19.2. The summed E-state index contributed by atoms with van der Waals surface area (Å²) in [6.45, 7) is 0. The summed E-state index contributed by atoms with van der Waals surface area (Å²) in [6, 6.07) is 19.4. The van der Waals surface area contributed by atoms with Gasteiger partial charge in [-0.1, -0.05) is 42.5 Å². The lowest BCUT2D eigenvalue weighted by atomic mass is 10.1. The highest BCUT2D eigenvalue weighted by atomic mass is 19.1. The fourth-order valence-corrected chi connectivity index (χ4v) is 2.63. The molecule has 3 aromatic carbocycles. The molecular formula is C22H17F2NO3. The molecule has 0 bridgehead atoms. The van der Waals surface area contributed by atoms with Gasteiger partial charge in [-0.3, -0.25) is 9.59 Å². The van der Waals surface area contributed by atoms with Crippen LogP contribution in [0.3, 0.4) is 0 Å². The van der Waals surface area contributed by atoms with Gasteiger partial charge in [-0.05, 0) is 42.0 Å². The van der Waals surface area contributed by atoms with Crippen molar-refractivity contribution in [2.75, 3.05) is 5.32 Å². The van der Waals surface area contributed by atoms with E-state index in [-0.39, 0.29) is 6.42 Å². The molecule has 0 unspecified atom stereocenters. The van der Waals surface area contributed by atoms with Gasteiger partial charge in [0.25, 0.3) is 5.91 Å². The average Bonchev–Trinajstić information content (AvgIpc) is 2.68. The van der Waals surface area contributed by atoms with Crippen LogP contribution in [0.1, 0.15) is 17.2 Å². The van der Waals surface area contributed by atoms with Crippen LogP contribution in [0.15, 0.2) is 78.9 Å². The minimum absolute atomic E-state index is 0.176. The molecule has 3 aromatic rings. The molecule has 1 atom stereocenters. The Morgan fingerprint density at radius 3 is 2.25 bits per heavy atom. The van der Waals surface area contributed by atoms with E-state index in [1.807, 2.05) is 0 Å². The third kappa shape index (κ3) is 5.23. The van der Waals surface area contributed by atoms with Gasteiger partial charge in [0.1, 0.15) is 11.6 Å². The van der Waals surface area contributed by atoms with Gasteiger partial charge in [-0.15, -0.1) is 0 Å². The van der Waals surface area contributed by atoms with Crippen molar-refractivity contribution in [3.8, 4) is 0 Å². The van der Waals surface area contributed by atoms with Crippen molar-refractivity contribution in [2.45, 2.75) is 12.5 Å². The van der Waals surface area contributed by atoms with E-state index >= 15 is 0 Å². The number of amides is 1. The van der Waals surface area contributed by atoms with Gasteiger partial charge in [-0.25, -0.2) is 8.78 Å². The van der Waals surface area contributed by atoms with Crippen molar-refractivity contribution in [3.05, 3.63) is 102 Å². The standard InChI is InChI=1S/C22H17F2NO3/c23-17-9-11-19(12-10-17)25-22(27)21(16-6-2-1-3-7-16)28-20(26)14-15-5-4-8-18(24)13-15/h1-13,21H,14H2,(H,25,27)/t21-/m1/s1. The van der Waals surface area contributed by atoms with Crippen LogP contribution >= 0.6 is 0 Å². The summed E-state index contributed by atoms with van der Waals surface area (Å²) in [5.74, 6) is -2.14. The average molecular weight is 381 g/mol. The predicted molar refractivity (Wildman–Crippen MR) is 100 cm³/mol. The highest BCUT2D eigenvalue weighted by Gasteiger charge is 2.25. The van der Waals surface area contributed by atoms with Crippen molar-refractivity contribution in [1.82, 2.24) is 0 Å². The van der Waals surface area contributed by atoms with Gasteiger partial charge in [0.15, 0.2) is 0 Å². The van der Waals surface area contributed by atoms with Crippen molar-refractivity contribution in [3.63, 3.8) is 0 Å². The number of hydrogen-bond donors (Lipinski definition) is 1. The first-order valence-corrected chi connectivity index (χ1v) is 8.56. The van der Waals surface area contributed by atoms with E-state index in [1.165, 1.54) is 42.5 Å². The number of hydrogen-bond acceptors (Lipinski definition) is 3. The first-order valence-electron chi connectivity index (χ1n) is 8.56. The molecule has 4 nitrogen and oxygen atoms in total. The van der Waals surface area contributed by atoms with Crippen LogP contribution in [0, 0.1) is 11.6 Å². The van der Waals surface area contributed by atoms with Crippen LogP contribution in [-0.2, 0) is 20.7 Å². The largest absolute Gasteiger partial charge is 0.447 e. The minimum atomic E-state index is -1.20. The molecule has 0 aromatic heterocycles. The Morgan fingerprint density at radius 2 is 1.57 bits per heavy atom. The maximum atomic E-state index is 13.3. The number of halogens is 2. The highest BCUT2D eigenvalue weighted by molar-refractivity contribution is 5.96. The molecule has 0 aliphatic heterocycles. The van der Waals surface area contributed by atoms with Gasteiger partial charge in [0.2, 0.25) is 6.10 Å². The molecule has 0 aliphatic carbocycles. The summed E-state index contributed by atoms with van der Waals surface area (Å²) in [6.07, 6.45) is -1.38. The van der Waals surface area contributed by atoms with Crippen LogP contribution in [0.2, 0.25) is 0 Å². The number of rotatable bonds is 6. The Hall–Kier alpha value is -3.54. The normalized spacial score (nSPS) is 11.5. The maximum absolute atomic E-state index is 13.3. The topological polar surface area (TPSA) is 55.4 Å². The van der Waals surface area contributed by atoms with E-state index < -0.39 is 29.6 Å². The van der Waals surface area contributed by atoms with Gasteiger partial charge in [0, 0.05) is 11.3 Å². The van der Waals surface area contributed by atoms with Crippen LogP contribution in [0.25, 0.3) is 0 Å². The Balaban J connectivity index is 1.76. The molecule has 0 saturated carbocycles. The number of carbonyl (C=O) groups is 2. The zero-order valence-electron chi connectivity index (χ0n) is 14.8. The molecular weight excluding hydrogens is 364 g/mol. The molecule has 0 heterocycles. The molecule has 0 saturated heterocycles. The number of anilines is 1. The minimum Gasteiger partial charge on any atom is -0.447 e. The summed E-state index contributed by atoms with van der Waals surface area (Å²) in [4.78, 5) is 25.0. The zero-order valence-corrected chi connectivity index (χ0v) is 14.8. The second-order valence-corrected chi connectivity index (χ2v) is 6.08. The first-order chi connectivity index (χ1) is 13.5. The van der Waals surface area contributed by atoms with Crippen LogP contribution < -0.4 is 5.32 Å². The number of esters is 1. The highest BCUT2D eigenvalue weighted by Crippen LogP contribution is 2.21.